The lowest BCUT2D eigenvalue weighted by atomic mass is 10.2. The molecule has 0 aliphatic carbocycles. The van der Waals surface area contributed by atoms with E-state index in [0.29, 0.717) is 19.4 Å². The van der Waals surface area contributed by atoms with Crippen LogP contribution in [0.2, 0.25) is 0 Å². The van der Waals surface area contributed by atoms with Crippen molar-refractivity contribution in [3.8, 4) is 0 Å². The molecule has 1 aliphatic rings. The summed E-state index contributed by atoms with van der Waals surface area (Å²) in [6, 6.07) is 10.2. The topological polar surface area (TPSA) is 96.2 Å². The lowest BCUT2D eigenvalue weighted by Gasteiger charge is -2.36. The van der Waals surface area contributed by atoms with Gasteiger partial charge in [-0.15, -0.1) is 5.10 Å². The number of nitrogens with zero attached hydrogens (tertiary/aromatic N) is 6. The third-order valence-corrected chi connectivity index (χ3v) is 4.34. The van der Waals surface area contributed by atoms with Crippen molar-refractivity contribution in [3.05, 3.63) is 36.7 Å². The lowest BCUT2D eigenvalue weighted by Crippen LogP contribution is -2.48. The van der Waals surface area contributed by atoms with Crippen LogP contribution in [-0.2, 0) is 16.1 Å². The maximum Gasteiger partial charge on any atom is 0.241 e. The molecule has 0 unspecified atom stereocenters. The molecule has 0 atom stereocenters. The number of benzene rings is 1. The van der Waals surface area contributed by atoms with E-state index in [2.05, 4.69) is 37.9 Å². The third-order valence-electron chi connectivity index (χ3n) is 4.34. The maximum absolute atomic E-state index is 12.3. The van der Waals surface area contributed by atoms with Crippen molar-refractivity contribution >= 4 is 17.5 Å². The van der Waals surface area contributed by atoms with Crippen molar-refractivity contribution in [1.82, 2.24) is 30.4 Å². The first-order valence-electron chi connectivity index (χ1n) is 8.77. The normalized spacial score (nSPS) is 14.3. The van der Waals surface area contributed by atoms with E-state index in [9.17, 15) is 9.59 Å². The van der Waals surface area contributed by atoms with Gasteiger partial charge in [-0.05, 0) is 29.0 Å². The number of tetrazole rings is 1. The number of rotatable bonds is 7. The summed E-state index contributed by atoms with van der Waals surface area (Å²) in [5.74, 6) is -0.0198. The van der Waals surface area contributed by atoms with E-state index in [0.717, 1.165) is 26.2 Å². The average molecular weight is 357 g/mol. The summed E-state index contributed by atoms with van der Waals surface area (Å²) in [4.78, 5) is 28.2. The Morgan fingerprint density at radius 3 is 2.54 bits per heavy atom. The number of nitrogens with one attached hydrogen (secondary N) is 1. The van der Waals surface area contributed by atoms with Crippen LogP contribution in [0, 0.1) is 0 Å². The van der Waals surface area contributed by atoms with Crippen LogP contribution in [-0.4, -0.2) is 69.6 Å². The quantitative estimate of drug-likeness (QED) is 0.696. The molecular weight excluding hydrogens is 334 g/mol. The minimum Gasteiger partial charge on any atom is -0.368 e. The summed E-state index contributed by atoms with van der Waals surface area (Å²) in [6.45, 7) is 3.72. The molecule has 1 aromatic heterocycles. The Morgan fingerprint density at radius 2 is 1.85 bits per heavy atom. The van der Waals surface area contributed by atoms with Gasteiger partial charge in [0.2, 0.25) is 11.8 Å². The maximum atomic E-state index is 12.3. The zero-order chi connectivity index (χ0) is 18.2. The summed E-state index contributed by atoms with van der Waals surface area (Å²) >= 11 is 0. The van der Waals surface area contributed by atoms with Crippen LogP contribution in [0.3, 0.4) is 0 Å². The number of hydrogen-bond donors (Lipinski definition) is 1. The Labute approximate surface area is 152 Å². The SMILES string of the molecule is O=C(Cn1cnnn1)NCCCC(=O)N1CCN(c2ccccc2)CC1. The van der Waals surface area contributed by atoms with Crippen LogP contribution < -0.4 is 10.2 Å². The third kappa shape index (κ3) is 5.01. The number of carbonyl (C=O) groups is 2. The highest BCUT2D eigenvalue weighted by molar-refractivity contribution is 5.77. The van der Waals surface area contributed by atoms with Gasteiger partial charge in [0, 0.05) is 44.8 Å². The fourth-order valence-electron chi connectivity index (χ4n) is 2.93. The van der Waals surface area contributed by atoms with Gasteiger partial charge in [0.05, 0.1) is 0 Å². The van der Waals surface area contributed by atoms with Crippen LogP contribution in [0.25, 0.3) is 0 Å². The second-order valence-electron chi connectivity index (χ2n) is 6.16. The van der Waals surface area contributed by atoms with Crippen LogP contribution >= 0.6 is 0 Å². The molecular formula is C17H23N7O2. The van der Waals surface area contributed by atoms with Gasteiger partial charge in [-0.3, -0.25) is 9.59 Å². The van der Waals surface area contributed by atoms with Crippen molar-refractivity contribution in [2.24, 2.45) is 0 Å². The zero-order valence-corrected chi connectivity index (χ0v) is 14.6. The Hall–Kier alpha value is -2.97. The van der Waals surface area contributed by atoms with E-state index >= 15 is 0 Å². The highest BCUT2D eigenvalue weighted by atomic mass is 16.2. The number of hydrogen-bond acceptors (Lipinski definition) is 6. The Bertz CT molecular complexity index is 697. The van der Waals surface area contributed by atoms with E-state index < -0.39 is 0 Å². The molecule has 1 aromatic carbocycles. The monoisotopic (exact) mass is 357 g/mol. The Morgan fingerprint density at radius 1 is 1.08 bits per heavy atom. The van der Waals surface area contributed by atoms with Crippen molar-refractivity contribution in [1.29, 1.82) is 0 Å². The van der Waals surface area contributed by atoms with Gasteiger partial charge in [-0.2, -0.15) is 0 Å². The molecule has 3 rings (SSSR count). The first kappa shape index (κ1) is 17.8. The van der Waals surface area contributed by atoms with E-state index in [1.54, 1.807) is 0 Å². The smallest absolute Gasteiger partial charge is 0.241 e. The lowest BCUT2D eigenvalue weighted by molar-refractivity contribution is -0.131. The number of para-hydroxylation sites is 1. The number of aromatic nitrogens is 4. The Kier molecular flexibility index (Phi) is 6.13. The predicted octanol–water partition coefficient (Wildman–Crippen LogP) is -0.0817. The van der Waals surface area contributed by atoms with Gasteiger partial charge >= 0.3 is 0 Å². The minimum atomic E-state index is -0.166. The number of anilines is 1. The van der Waals surface area contributed by atoms with Gasteiger partial charge < -0.3 is 15.1 Å². The summed E-state index contributed by atoms with van der Waals surface area (Å²) in [7, 11) is 0. The molecule has 2 amide bonds. The van der Waals surface area contributed by atoms with E-state index in [1.807, 2.05) is 23.1 Å². The van der Waals surface area contributed by atoms with Crippen molar-refractivity contribution in [3.63, 3.8) is 0 Å². The molecule has 138 valence electrons. The first-order valence-corrected chi connectivity index (χ1v) is 8.77. The molecule has 26 heavy (non-hydrogen) atoms. The highest BCUT2D eigenvalue weighted by Gasteiger charge is 2.20. The summed E-state index contributed by atoms with van der Waals surface area (Å²) in [5.41, 5.74) is 1.20. The van der Waals surface area contributed by atoms with Crippen molar-refractivity contribution < 1.29 is 9.59 Å². The predicted molar refractivity (Wildman–Crippen MR) is 95.3 cm³/mol. The summed E-state index contributed by atoms with van der Waals surface area (Å²) in [5, 5.41) is 13.3. The van der Waals surface area contributed by atoms with Crippen LogP contribution in [0.5, 0.6) is 0 Å². The van der Waals surface area contributed by atoms with Gasteiger partial charge in [0.15, 0.2) is 0 Å². The average Bonchev–Trinajstić information content (AvgIpc) is 3.19. The Balaban J connectivity index is 1.31. The first-order chi connectivity index (χ1) is 12.7. The molecule has 0 saturated carbocycles. The molecule has 0 spiro atoms. The second-order valence-corrected chi connectivity index (χ2v) is 6.16. The fourth-order valence-corrected chi connectivity index (χ4v) is 2.93. The molecule has 1 fully saturated rings. The molecule has 1 N–H and O–H groups in total. The van der Waals surface area contributed by atoms with Gasteiger partial charge in [-0.1, -0.05) is 18.2 Å². The number of amides is 2. The highest BCUT2D eigenvalue weighted by Crippen LogP contribution is 2.15. The van der Waals surface area contributed by atoms with Gasteiger partial charge in [0.25, 0.3) is 0 Å². The van der Waals surface area contributed by atoms with Crippen LogP contribution in [0.4, 0.5) is 5.69 Å². The standard InChI is InChI=1S/C17H23N7O2/c25-16(13-24-14-19-20-21-24)18-8-4-7-17(26)23-11-9-22(10-12-23)15-5-2-1-3-6-15/h1-3,5-6,14H,4,7-13H2,(H,18,25). The molecule has 0 bridgehead atoms. The summed E-state index contributed by atoms with van der Waals surface area (Å²) < 4.78 is 1.35. The van der Waals surface area contributed by atoms with Crippen LogP contribution in [0.1, 0.15) is 12.8 Å². The number of carbonyl (C=O) groups excluding carboxylic acids is 2. The molecule has 1 aliphatic heterocycles. The van der Waals surface area contributed by atoms with Gasteiger partial charge in [0.1, 0.15) is 12.9 Å². The zero-order valence-electron chi connectivity index (χ0n) is 14.6. The largest absolute Gasteiger partial charge is 0.368 e. The number of piperazine rings is 1. The molecule has 2 heterocycles. The molecule has 9 heteroatoms. The van der Waals surface area contributed by atoms with Crippen molar-refractivity contribution in [2.75, 3.05) is 37.6 Å². The second kappa shape index (κ2) is 8.93. The molecule has 2 aromatic rings. The van der Waals surface area contributed by atoms with Crippen LogP contribution in [0.15, 0.2) is 36.7 Å². The van der Waals surface area contributed by atoms with Gasteiger partial charge in [-0.25, -0.2) is 4.68 Å². The molecule has 9 nitrogen and oxygen atoms in total. The van der Waals surface area contributed by atoms with Crippen molar-refractivity contribution in [2.45, 2.75) is 19.4 Å². The van der Waals surface area contributed by atoms with E-state index in [1.165, 1.54) is 16.7 Å². The molecule has 1 saturated heterocycles. The van der Waals surface area contributed by atoms with E-state index in [4.69, 9.17) is 0 Å². The minimum absolute atomic E-state index is 0.0857. The summed E-state index contributed by atoms with van der Waals surface area (Å²) in [6.07, 6.45) is 2.45. The van der Waals surface area contributed by atoms with E-state index in [-0.39, 0.29) is 18.4 Å². The fraction of sp³-hybridized carbons (Fsp3) is 0.471. The molecule has 0 radical (unpaired) electrons.